The lowest BCUT2D eigenvalue weighted by molar-refractivity contribution is -0.134. The highest BCUT2D eigenvalue weighted by atomic mass is 32.2. The Morgan fingerprint density at radius 1 is 1.42 bits per heavy atom. The fourth-order valence-electron chi connectivity index (χ4n) is 2.61. The van der Waals surface area contributed by atoms with Gasteiger partial charge in [-0.05, 0) is 45.2 Å². The zero-order valence-corrected chi connectivity index (χ0v) is 12.3. The van der Waals surface area contributed by atoms with Crippen molar-refractivity contribution in [2.75, 3.05) is 11.5 Å². The number of hydrogen-bond donors (Lipinski definition) is 1. The van der Waals surface area contributed by atoms with E-state index >= 15 is 0 Å². The van der Waals surface area contributed by atoms with Gasteiger partial charge in [-0.2, -0.15) is 0 Å². The first kappa shape index (κ1) is 14.2. The predicted molar refractivity (Wildman–Crippen MR) is 79.0 cm³/mol. The third-order valence-corrected chi connectivity index (χ3v) is 4.57. The van der Waals surface area contributed by atoms with Crippen LogP contribution in [-0.4, -0.2) is 33.6 Å². The Labute approximate surface area is 118 Å². The molecule has 2 unspecified atom stereocenters. The summed E-state index contributed by atoms with van der Waals surface area (Å²) in [5.41, 5.74) is 5.54. The van der Waals surface area contributed by atoms with Crippen molar-refractivity contribution in [1.82, 2.24) is 9.88 Å². The van der Waals surface area contributed by atoms with Crippen LogP contribution in [0.2, 0.25) is 0 Å². The number of rotatable bonds is 3. The Morgan fingerprint density at radius 2 is 2.11 bits per heavy atom. The standard InChI is InChI=1S/C14H21N3OS/c1-10-4-3-5-11(2)17(10)14(18)9-19-12-6-7-13(15)16-8-12/h6-8,10-11H,3-5,9H2,1-2H3,(H2,15,16). The normalized spacial score (nSPS) is 23.4. The molecule has 1 saturated heterocycles. The Kier molecular flexibility index (Phi) is 4.69. The van der Waals surface area contributed by atoms with Gasteiger partial charge in [-0.1, -0.05) is 0 Å². The van der Waals surface area contributed by atoms with Gasteiger partial charge in [0, 0.05) is 23.2 Å². The van der Waals surface area contributed by atoms with Crippen LogP contribution in [0.15, 0.2) is 23.2 Å². The Morgan fingerprint density at radius 3 is 2.68 bits per heavy atom. The smallest absolute Gasteiger partial charge is 0.233 e. The molecule has 0 bridgehead atoms. The maximum atomic E-state index is 12.3. The molecule has 0 aromatic carbocycles. The van der Waals surface area contributed by atoms with Gasteiger partial charge in [0.15, 0.2) is 0 Å². The molecule has 1 aliphatic rings. The summed E-state index contributed by atoms with van der Waals surface area (Å²) in [7, 11) is 0. The number of pyridine rings is 1. The Hall–Kier alpha value is -1.23. The number of piperidine rings is 1. The lowest BCUT2D eigenvalue weighted by Gasteiger charge is -2.39. The van der Waals surface area contributed by atoms with E-state index in [1.54, 1.807) is 12.3 Å². The van der Waals surface area contributed by atoms with E-state index in [9.17, 15) is 4.79 Å². The molecule has 2 heterocycles. The molecule has 0 saturated carbocycles. The van der Waals surface area contributed by atoms with E-state index < -0.39 is 0 Å². The topological polar surface area (TPSA) is 59.2 Å². The van der Waals surface area contributed by atoms with Gasteiger partial charge in [-0.3, -0.25) is 4.79 Å². The molecular weight excluding hydrogens is 258 g/mol. The first-order chi connectivity index (χ1) is 9.08. The van der Waals surface area contributed by atoms with Crippen molar-refractivity contribution in [3.8, 4) is 0 Å². The molecule has 104 valence electrons. The minimum absolute atomic E-state index is 0.224. The Bertz CT molecular complexity index is 425. The summed E-state index contributed by atoms with van der Waals surface area (Å²) in [6.07, 6.45) is 5.17. The van der Waals surface area contributed by atoms with Crippen molar-refractivity contribution in [3.05, 3.63) is 18.3 Å². The van der Waals surface area contributed by atoms with Crippen LogP contribution in [-0.2, 0) is 4.79 Å². The highest BCUT2D eigenvalue weighted by molar-refractivity contribution is 8.00. The minimum Gasteiger partial charge on any atom is -0.384 e. The van der Waals surface area contributed by atoms with E-state index in [1.807, 2.05) is 11.0 Å². The summed E-state index contributed by atoms with van der Waals surface area (Å²) in [4.78, 5) is 19.4. The molecule has 1 aromatic heterocycles. The Balaban J connectivity index is 1.91. The number of nitrogens with two attached hydrogens (primary N) is 1. The van der Waals surface area contributed by atoms with Gasteiger partial charge in [0.1, 0.15) is 5.82 Å². The minimum atomic E-state index is 0.224. The molecule has 2 atom stereocenters. The van der Waals surface area contributed by atoms with E-state index in [2.05, 4.69) is 18.8 Å². The van der Waals surface area contributed by atoms with Gasteiger partial charge >= 0.3 is 0 Å². The van der Waals surface area contributed by atoms with Crippen LogP contribution < -0.4 is 5.73 Å². The first-order valence-electron chi connectivity index (χ1n) is 6.73. The molecule has 1 amide bonds. The summed E-state index contributed by atoms with van der Waals surface area (Å²) >= 11 is 1.53. The maximum Gasteiger partial charge on any atom is 0.233 e. The summed E-state index contributed by atoms with van der Waals surface area (Å²) in [6.45, 7) is 4.28. The highest BCUT2D eigenvalue weighted by Gasteiger charge is 2.28. The van der Waals surface area contributed by atoms with Crippen LogP contribution in [0.5, 0.6) is 0 Å². The second-order valence-electron chi connectivity index (χ2n) is 5.14. The second-order valence-corrected chi connectivity index (χ2v) is 6.19. The third kappa shape index (κ3) is 3.62. The average Bonchev–Trinajstić information content (AvgIpc) is 2.38. The number of nitrogen functional groups attached to an aromatic ring is 1. The van der Waals surface area contributed by atoms with Gasteiger partial charge in [-0.15, -0.1) is 11.8 Å². The molecule has 5 heteroatoms. The van der Waals surface area contributed by atoms with E-state index in [1.165, 1.54) is 18.2 Å². The molecule has 1 aromatic rings. The average molecular weight is 279 g/mol. The third-order valence-electron chi connectivity index (χ3n) is 3.60. The molecular formula is C14H21N3OS. The number of anilines is 1. The quantitative estimate of drug-likeness (QED) is 0.864. The van der Waals surface area contributed by atoms with Gasteiger partial charge in [0.05, 0.1) is 5.75 Å². The zero-order chi connectivity index (χ0) is 13.8. The maximum absolute atomic E-state index is 12.3. The molecule has 19 heavy (non-hydrogen) atoms. The SMILES string of the molecule is CC1CCCC(C)N1C(=O)CSc1ccc(N)nc1. The lowest BCUT2D eigenvalue weighted by atomic mass is 9.98. The molecule has 4 nitrogen and oxygen atoms in total. The predicted octanol–water partition coefficient (Wildman–Crippen LogP) is 2.55. The zero-order valence-electron chi connectivity index (χ0n) is 11.5. The molecule has 1 aliphatic heterocycles. The van der Waals surface area contributed by atoms with Crippen molar-refractivity contribution in [3.63, 3.8) is 0 Å². The fraction of sp³-hybridized carbons (Fsp3) is 0.571. The van der Waals surface area contributed by atoms with Crippen molar-refractivity contribution in [2.45, 2.75) is 50.1 Å². The van der Waals surface area contributed by atoms with Gasteiger partial charge < -0.3 is 10.6 Å². The van der Waals surface area contributed by atoms with Gasteiger partial charge in [-0.25, -0.2) is 4.98 Å². The molecule has 2 N–H and O–H groups in total. The van der Waals surface area contributed by atoms with Gasteiger partial charge in [0.2, 0.25) is 5.91 Å². The molecule has 0 spiro atoms. The second kappa shape index (κ2) is 6.28. The summed E-state index contributed by atoms with van der Waals surface area (Å²) in [5, 5.41) is 0. The van der Waals surface area contributed by atoms with Crippen molar-refractivity contribution < 1.29 is 4.79 Å². The highest BCUT2D eigenvalue weighted by Crippen LogP contribution is 2.25. The van der Waals surface area contributed by atoms with Crippen molar-refractivity contribution >= 4 is 23.5 Å². The van der Waals surface area contributed by atoms with Crippen LogP contribution in [0.25, 0.3) is 0 Å². The van der Waals surface area contributed by atoms with E-state index in [0.717, 1.165) is 17.7 Å². The van der Waals surface area contributed by atoms with Crippen LogP contribution in [0.4, 0.5) is 5.82 Å². The molecule has 0 radical (unpaired) electrons. The number of carbonyl (C=O) groups excluding carboxylic acids is 1. The van der Waals surface area contributed by atoms with Crippen LogP contribution in [0.1, 0.15) is 33.1 Å². The monoisotopic (exact) mass is 279 g/mol. The van der Waals surface area contributed by atoms with E-state index in [-0.39, 0.29) is 5.91 Å². The van der Waals surface area contributed by atoms with Gasteiger partial charge in [0.25, 0.3) is 0 Å². The number of aromatic nitrogens is 1. The number of carbonyl (C=O) groups is 1. The fourth-order valence-corrected chi connectivity index (χ4v) is 3.34. The summed E-state index contributed by atoms with van der Waals surface area (Å²) in [6, 6.07) is 4.39. The van der Waals surface area contributed by atoms with Crippen molar-refractivity contribution in [1.29, 1.82) is 0 Å². The van der Waals surface area contributed by atoms with Crippen LogP contribution >= 0.6 is 11.8 Å². The molecule has 2 rings (SSSR count). The molecule has 0 aliphatic carbocycles. The summed E-state index contributed by atoms with van der Waals surface area (Å²) < 4.78 is 0. The number of thioether (sulfide) groups is 1. The van der Waals surface area contributed by atoms with E-state index in [4.69, 9.17) is 5.73 Å². The molecule has 1 fully saturated rings. The number of amides is 1. The largest absolute Gasteiger partial charge is 0.384 e. The number of hydrogen-bond acceptors (Lipinski definition) is 4. The number of likely N-dealkylation sites (tertiary alicyclic amines) is 1. The van der Waals surface area contributed by atoms with E-state index in [0.29, 0.717) is 23.7 Å². The number of nitrogens with zero attached hydrogens (tertiary/aromatic N) is 2. The van der Waals surface area contributed by atoms with Crippen LogP contribution in [0, 0.1) is 0 Å². The lowest BCUT2D eigenvalue weighted by Crippen LogP contribution is -2.48. The van der Waals surface area contributed by atoms with Crippen LogP contribution in [0.3, 0.4) is 0 Å². The van der Waals surface area contributed by atoms with Crippen molar-refractivity contribution in [2.24, 2.45) is 0 Å². The summed E-state index contributed by atoms with van der Waals surface area (Å²) in [5.74, 6) is 1.20. The first-order valence-corrected chi connectivity index (χ1v) is 7.72.